The molecule has 0 aliphatic rings. The Kier molecular flexibility index (Phi) is 4.96. The van der Waals surface area contributed by atoms with E-state index < -0.39 is 0 Å². The highest BCUT2D eigenvalue weighted by Gasteiger charge is 2.13. The lowest BCUT2D eigenvalue weighted by atomic mass is 10.3. The van der Waals surface area contributed by atoms with Crippen LogP contribution in [-0.4, -0.2) is 35.4 Å². The molecule has 94 valence electrons. The molecule has 17 heavy (non-hydrogen) atoms. The maximum absolute atomic E-state index is 12.0. The Morgan fingerprint density at radius 3 is 2.82 bits per heavy atom. The number of thiophene rings is 1. The summed E-state index contributed by atoms with van der Waals surface area (Å²) in [5.41, 5.74) is 5.35. The molecule has 6 heteroatoms. The largest absolute Gasteiger partial charge is 0.409 e. The van der Waals surface area contributed by atoms with Crippen LogP contribution in [0.4, 0.5) is 0 Å². The normalized spacial score (nSPS) is 11.5. The molecule has 0 aromatic carbocycles. The molecule has 0 aliphatic heterocycles. The number of hydrogen-bond donors (Lipinski definition) is 2. The van der Waals surface area contributed by atoms with Gasteiger partial charge in [-0.1, -0.05) is 12.1 Å². The maximum Gasteiger partial charge on any atom is 0.263 e. The van der Waals surface area contributed by atoms with Crippen LogP contribution in [0.3, 0.4) is 0 Å². The molecule has 0 aliphatic carbocycles. The van der Waals surface area contributed by atoms with E-state index in [1.807, 2.05) is 12.1 Å². The average molecular weight is 255 g/mol. The molecular weight excluding hydrogens is 238 g/mol. The zero-order valence-electron chi connectivity index (χ0n) is 10.0. The van der Waals surface area contributed by atoms with Gasteiger partial charge in [-0.2, -0.15) is 0 Å². The summed E-state index contributed by atoms with van der Waals surface area (Å²) >= 11 is 1.51. The van der Waals surface area contributed by atoms with Crippen LogP contribution in [-0.2, 0) is 6.42 Å². The Morgan fingerprint density at radius 2 is 2.29 bits per heavy atom. The first-order valence-corrected chi connectivity index (χ1v) is 6.20. The third-order valence-corrected chi connectivity index (χ3v) is 3.62. The van der Waals surface area contributed by atoms with Gasteiger partial charge in [0.05, 0.1) is 4.88 Å². The Bertz CT molecular complexity index is 415. The van der Waals surface area contributed by atoms with Crippen molar-refractivity contribution < 1.29 is 10.0 Å². The minimum absolute atomic E-state index is 0.0274. The van der Waals surface area contributed by atoms with Gasteiger partial charge in [-0.15, -0.1) is 11.3 Å². The monoisotopic (exact) mass is 255 g/mol. The highest BCUT2D eigenvalue weighted by molar-refractivity contribution is 7.14. The Morgan fingerprint density at radius 1 is 1.59 bits per heavy atom. The van der Waals surface area contributed by atoms with E-state index in [0.717, 1.165) is 11.3 Å². The fourth-order valence-electron chi connectivity index (χ4n) is 1.30. The second kappa shape index (κ2) is 6.24. The van der Waals surface area contributed by atoms with Gasteiger partial charge in [-0.3, -0.25) is 4.79 Å². The zero-order valence-corrected chi connectivity index (χ0v) is 10.8. The number of hydrogen-bond acceptors (Lipinski definition) is 4. The van der Waals surface area contributed by atoms with Crippen molar-refractivity contribution in [3.63, 3.8) is 0 Å². The molecule has 0 saturated carbocycles. The molecule has 0 bridgehead atoms. The maximum atomic E-state index is 12.0. The second-order valence-corrected chi connectivity index (χ2v) is 4.86. The van der Waals surface area contributed by atoms with Gasteiger partial charge in [-0.25, -0.2) is 0 Å². The predicted octanol–water partition coefficient (Wildman–Crippen LogP) is 1.52. The number of nitrogens with zero attached hydrogens (tertiary/aromatic N) is 2. The fourth-order valence-corrected chi connectivity index (χ4v) is 2.25. The molecule has 0 radical (unpaired) electrons. The topological polar surface area (TPSA) is 78.9 Å². The van der Waals surface area contributed by atoms with E-state index >= 15 is 0 Å². The van der Waals surface area contributed by atoms with Crippen LogP contribution in [0.15, 0.2) is 17.3 Å². The number of rotatable bonds is 5. The first-order chi connectivity index (χ1) is 8.08. The SMILES string of the molecule is CCc1ccc(C(=O)N(C)CCC(N)=NO)s1. The summed E-state index contributed by atoms with van der Waals surface area (Å²) in [6.07, 6.45) is 1.30. The van der Waals surface area contributed by atoms with Crippen LogP contribution < -0.4 is 5.73 Å². The van der Waals surface area contributed by atoms with E-state index in [2.05, 4.69) is 12.1 Å². The average Bonchev–Trinajstić information content (AvgIpc) is 2.83. The van der Waals surface area contributed by atoms with Crippen molar-refractivity contribution in [3.8, 4) is 0 Å². The van der Waals surface area contributed by atoms with Crippen LogP contribution in [0, 0.1) is 0 Å². The molecule has 0 saturated heterocycles. The highest BCUT2D eigenvalue weighted by Crippen LogP contribution is 2.18. The van der Waals surface area contributed by atoms with Gasteiger partial charge in [0.15, 0.2) is 0 Å². The van der Waals surface area contributed by atoms with Gasteiger partial charge in [0.1, 0.15) is 5.84 Å². The number of amidine groups is 1. The van der Waals surface area contributed by atoms with E-state index in [0.29, 0.717) is 13.0 Å². The van der Waals surface area contributed by atoms with Crippen molar-refractivity contribution in [1.29, 1.82) is 0 Å². The number of carbonyl (C=O) groups is 1. The summed E-state index contributed by atoms with van der Waals surface area (Å²) < 4.78 is 0. The van der Waals surface area contributed by atoms with Crippen LogP contribution in [0.25, 0.3) is 0 Å². The minimum atomic E-state index is -0.0274. The first-order valence-electron chi connectivity index (χ1n) is 5.39. The quantitative estimate of drug-likeness (QED) is 0.362. The third-order valence-electron chi connectivity index (χ3n) is 2.40. The van der Waals surface area contributed by atoms with E-state index in [1.165, 1.54) is 16.2 Å². The lowest BCUT2D eigenvalue weighted by molar-refractivity contribution is 0.0803. The molecule has 0 spiro atoms. The number of carbonyl (C=O) groups excluding carboxylic acids is 1. The van der Waals surface area contributed by atoms with Crippen molar-refractivity contribution in [2.24, 2.45) is 10.9 Å². The van der Waals surface area contributed by atoms with Gasteiger partial charge in [0.25, 0.3) is 5.91 Å². The van der Waals surface area contributed by atoms with Crippen molar-refractivity contribution in [3.05, 3.63) is 21.9 Å². The van der Waals surface area contributed by atoms with Gasteiger partial charge in [0, 0.05) is 24.9 Å². The number of amides is 1. The molecular formula is C11H17N3O2S. The number of nitrogens with two attached hydrogens (primary N) is 1. The Labute approximate surface area is 105 Å². The summed E-state index contributed by atoms with van der Waals surface area (Å²) in [6, 6.07) is 3.81. The molecule has 0 fully saturated rings. The van der Waals surface area contributed by atoms with Crippen molar-refractivity contribution in [1.82, 2.24) is 4.90 Å². The molecule has 0 unspecified atom stereocenters. The summed E-state index contributed by atoms with van der Waals surface area (Å²) in [7, 11) is 1.71. The van der Waals surface area contributed by atoms with E-state index in [-0.39, 0.29) is 11.7 Å². The zero-order chi connectivity index (χ0) is 12.8. The van der Waals surface area contributed by atoms with Crippen LogP contribution in [0.1, 0.15) is 27.9 Å². The van der Waals surface area contributed by atoms with Gasteiger partial charge < -0.3 is 15.8 Å². The number of oxime groups is 1. The minimum Gasteiger partial charge on any atom is -0.409 e. The molecule has 5 nitrogen and oxygen atoms in total. The summed E-state index contributed by atoms with van der Waals surface area (Å²) in [5, 5.41) is 11.3. The van der Waals surface area contributed by atoms with Crippen molar-refractivity contribution in [2.75, 3.05) is 13.6 Å². The summed E-state index contributed by atoms with van der Waals surface area (Å²) in [5.74, 6) is 0.102. The standard InChI is InChI=1S/C11H17N3O2S/c1-3-8-4-5-9(17-8)11(15)14(2)7-6-10(12)13-16/h4-5,16H,3,6-7H2,1-2H3,(H2,12,13). The Balaban J connectivity index is 2.57. The molecule has 0 atom stereocenters. The van der Waals surface area contributed by atoms with Crippen LogP contribution in [0.2, 0.25) is 0 Å². The third kappa shape index (κ3) is 3.74. The second-order valence-electron chi connectivity index (χ2n) is 3.69. The van der Waals surface area contributed by atoms with Crippen LogP contribution in [0.5, 0.6) is 0 Å². The molecule has 1 aromatic rings. The van der Waals surface area contributed by atoms with Gasteiger partial charge in [-0.05, 0) is 18.6 Å². The molecule has 1 rings (SSSR count). The van der Waals surface area contributed by atoms with Gasteiger partial charge >= 0.3 is 0 Å². The highest BCUT2D eigenvalue weighted by atomic mass is 32.1. The Hall–Kier alpha value is -1.56. The van der Waals surface area contributed by atoms with Crippen molar-refractivity contribution in [2.45, 2.75) is 19.8 Å². The van der Waals surface area contributed by atoms with E-state index in [1.54, 1.807) is 11.9 Å². The smallest absolute Gasteiger partial charge is 0.263 e. The number of aryl methyl sites for hydroxylation is 1. The van der Waals surface area contributed by atoms with Gasteiger partial charge in [0.2, 0.25) is 0 Å². The fraction of sp³-hybridized carbons (Fsp3) is 0.455. The van der Waals surface area contributed by atoms with Crippen LogP contribution >= 0.6 is 11.3 Å². The van der Waals surface area contributed by atoms with E-state index in [9.17, 15) is 4.79 Å². The molecule has 1 heterocycles. The molecule has 3 N–H and O–H groups in total. The first kappa shape index (κ1) is 13.5. The lowest BCUT2D eigenvalue weighted by Crippen LogP contribution is -2.30. The summed E-state index contributed by atoms with van der Waals surface area (Å²) in [6.45, 7) is 2.50. The molecule has 1 amide bonds. The lowest BCUT2D eigenvalue weighted by Gasteiger charge is -2.15. The molecule has 1 aromatic heterocycles. The summed E-state index contributed by atoms with van der Waals surface area (Å²) in [4.78, 5) is 15.5. The predicted molar refractivity (Wildman–Crippen MR) is 68.7 cm³/mol. The van der Waals surface area contributed by atoms with E-state index in [4.69, 9.17) is 10.9 Å². The van der Waals surface area contributed by atoms with Crippen molar-refractivity contribution >= 4 is 23.1 Å².